The number of halogens is 4. The highest BCUT2D eigenvalue weighted by Crippen LogP contribution is 2.34. The van der Waals surface area contributed by atoms with Crippen LogP contribution >= 0.6 is 11.6 Å². The second-order valence-electron chi connectivity index (χ2n) is 6.82. The van der Waals surface area contributed by atoms with Gasteiger partial charge in [0.25, 0.3) is 0 Å². The summed E-state index contributed by atoms with van der Waals surface area (Å²) in [6.45, 7) is 4.38. The minimum Gasteiger partial charge on any atom is -0.357 e. The summed E-state index contributed by atoms with van der Waals surface area (Å²) in [5, 5.41) is 10.7. The fourth-order valence-electron chi connectivity index (χ4n) is 3.13. The van der Waals surface area contributed by atoms with Gasteiger partial charge >= 0.3 is 6.18 Å². The van der Waals surface area contributed by atoms with Gasteiger partial charge in [0, 0.05) is 50.7 Å². The fraction of sp³-hybridized carbons (Fsp3) is 0.500. The summed E-state index contributed by atoms with van der Waals surface area (Å²) in [6.07, 6.45) is 0.818. The molecule has 1 aliphatic rings. The average molecular weight is 430 g/mol. The Kier molecular flexibility index (Phi) is 6.51. The van der Waals surface area contributed by atoms with E-state index < -0.39 is 11.7 Å². The van der Waals surface area contributed by atoms with Crippen molar-refractivity contribution in [3.8, 4) is 0 Å². The van der Waals surface area contributed by atoms with Gasteiger partial charge < -0.3 is 15.5 Å². The standard InChI is InChI=1S/C18H23ClF3N7/c1-3-23-17(25-7-12-8-26-28(2)10-12)27-14-4-5-29(11-14)16-15(19)6-13(9-24-16)18(20,21)22/h6,8-10,14H,3-5,7,11H2,1-2H3,(H2,23,25,27). The molecule has 7 nitrogen and oxygen atoms in total. The third kappa shape index (κ3) is 5.53. The van der Waals surface area contributed by atoms with Gasteiger partial charge in [0.05, 0.1) is 23.3 Å². The zero-order valence-electron chi connectivity index (χ0n) is 16.2. The lowest BCUT2D eigenvalue weighted by Gasteiger charge is -2.21. The monoisotopic (exact) mass is 429 g/mol. The first-order valence-corrected chi connectivity index (χ1v) is 9.64. The topological polar surface area (TPSA) is 70.4 Å². The van der Waals surface area contributed by atoms with Crippen molar-refractivity contribution in [3.05, 3.63) is 40.8 Å². The molecule has 29 heavy (non-hydrogen) atoms. The summed E-state index contributed by atoms with van der Waals surface area (Å²) in [4.78, 5) is 10.4. The summed E-state index contributed by atoms with van der Waals surface area (Å²) in [7, 11) is 1.85. The van der Waals surface area contributed by atoms with E-state index in [-0.39, 0.29) is 11.1 Å². The maximum atomic E-state index is 12.8. The highest BCUT2D eigenvalue weighted by atomic mass is 35.5. The first kappa shape index (κ1) is 21.2. The Morgan fingerprint density at radius 2 is 2.17 bits per heavy atom. The van der Waals surface area contributed by atoms with E-state index in [2.05, 4.69) is 25.7 Å². The van der Waals surface area contributed by atoms with Crippen molar-refractivity contribution in [2.75, 3.05) is 24.5 Å². The van der Waals surface area contributed by atoms with Gasteiger partial charge in [0.15, 0.2) is 5.96 Å². The maximum Gasteiger partial charge on any atom is 0.417 e. The summed E-state index contributed by atoms with van der Waals surface area (Å²) in [5.74, 6) is 1.04. The average Bonchev–Trinajstić information content (AvgIpc) is 3.28. The Hall–Kier alpha value is -2.49. The normalized spacial score (nSPS) is 17.7. The summed E-state index contributed by atoms with van der Waals surface area (Å²) in [5.41, 5.74) is 0.149. The number of hydrogen-bond acceptors (Lipinski definition) is 4. The molecule has 0 amide bonds. The number of alkyl halides is 3. The molecule has 0 aliphatic carbocycles. The van der Waals surface area contributed by atoms with Gasteiger partial charge in [0.2, 0.25) is 0 Å². The lowest BCUT2D eigenvalue weighted by molar-refractivity contribution is -0.137. The van der Waals surface area contributed by atoms with Gasteiger partial charge in [-0.2, -0.15) is 18.3 Å². The molecule has 1 atom stereocenters. The number of guanidine groups is 1. The molecule has 3 rings (SSSR count). The summed E-state index contributed by atoms with van der Waals surface area (Å²) >= 11 is 6.07. The van der Waals surface area contributed by atoms with E-state index in [1.807, 2.05) is 25.1 Å². The predicted octanol–water partition coefficient (Wildman–Crippen LogP) is 2.82. The van der Waals surface area contributed by atoms with Gasteiger partial charge in [-0.25, -0.2) is 9.98 Å². The van der Waals surface area contributed by atoms with Crippen LogP contribution in [-0.4, -0.2) is 46.4 Å². The molecule has 1 fully saturated rings. The van der Waals surface area contributed by atoms with E-state index in [0.717, 1.165) is 24.2 Å². The van der Waals surface area contributed by atoms with Gasteiger partial charge in [-0.15, -0.1) is 0 Å². The predicted molar refractivity (Wildman–Crippen MR) is 106 cm³/mol. The minimum absolute atomic E-state index is 0.00220. The zero-order valence-corrected chi connectivity index (χ0v) is 16.9. The van der Waals surface area contributed by atoms with Crippen molar-refractivity contribution >= 4 is 23.4 Å². The van der Waals surface area contributed by atoms with Crippen LogP contribution in [0.4, 0.5) is 19.0 Å². The van der Waals surface area contributed by atoms with Gasteiger partial charge in [-0.1, -0.05) is 11.6 Å². The molecule has 1 unspecified atom stereocenters. The van der Waals surface area contributed by atoms with Crippen molar-refractivity contribution < 1.29 is 13.2 Å². The van der Waals surface area contributed by atoms with Gasteiger partial charge in [-0.05, 0) is 19.4 Å². The molecule has 0 aromatic carbocycles. The Morgan fingerprint density at radius 1 is 1.38 bits per heavy atom. The number of anilines is 1. The first-order chi connectivity index (χ1) is 13.8. The molecule has 2 aromatic rings. The van der Waals surface area contributed by atoms with Crippen LogP contribution in [0.15, 0.2) is 29.6 Å². The lowest BCUT2D eigenvalue weighted by Crippen LogP contribution is -2.44. The smallest absolute Gasteiger partial charge is 0.357 e. The van der Waals surface area contributed by atoms with Crippen LogP contribution in [0.25, 0.3) is 0 Å². The number of nitrogens with zero attached hydrogens (tertiary/aromatic N) is 5. The van der Waals surface area contributed by atoms with Crippen LogP contribution in [0.2, 0.25) is 5.02 Å². The molecule has 158 valence electrons. The van der Waals surface area contributed by atoms with E-state index in [4.69, 9.17) is 11.6 Å². The molecule has 0 radical (unpaired) electrons. The summed E-state index contributed by atoms with van der Waals surface area (Å²) in [6, 6.07) is 0.992. The van der Waals surface area contributed by atoms with E-state index in [0.29, 0.717) is 38.0 Å². The molecular weight excluding hydrogens is 407 g/mol. The molecule has 0 spiro atoms. The van der Waals surface area contributed by atoms with Crippen molar-refractivity contribution in [1.29, 1.82) is 0 Å². The van der Waals surface area contributed by atoms with E-state index in [1.54, 1.807) is 10.9 Å². The van der Waals surface area contributed by atoms with Gasteiger partial charge in [0.1, 0.15) is 5.82 Å². The molecule has 3 heterocycles. The van der Waals surface area contributed by atoms with Crippen LogP contribution in [0.3, 0.4) is 0 Å². The van der Waals surface area contributed by atoms with Gasteiger partial charge in [-0.3, -0.25) is 4.68 Å². The number of pyridine rings is 1. The minimum atomic E-state index is -4.46. The second-order valence-corrected chi connectivity index (χ2v) is 7.23. The number of aryl methyl sites for hydroxylation is 1. The van der Waals surface area contributed by atoms with Crippen LogP contribution in [0, 0.1) is 0 Å². The van der Waals surface area contributed by atoms with E-state index in [1.165, 1.54) is 0 Å². The van der Waals surface area contributed by atoms with Crippen molar-refractivity contribution in [3.63, 3.8) is 0 Å². The molecule has 0 saturated carbocycles. The molecule has 2 N–H and O–H groups in total. The number of aliphatic imine (C=N–C) groups is 1. The largest absolute Gasteiger partial charge is 0.417 e. The van der Waals surface area contributed by atoms with Crippen LogP contribution < -0.4 is 15.5 Å². The molecular formula is C18H23ClF3N7. The van der Waals surface area contributed by atoms with Crippen LogP contribution in [-0.2, 0) is 19.8 Å². The Labute approximate surface area is 172 Å². The molecule has 1 aliphatic heterocycles. The number of rotatable bonds is 5. The molecule has 1 saturated heterocycles. The number of aromatic nitrogens is 3. The second kappa shape index (κ2) is 8.89. The number of hydrogen-bond donors (Lipinski definition) is 2. The Bertz CT molecular complexity index is 865. The maximum absolute atomic E-state index is 12.8. The fourth-order valence-corrected chi connectivity index (χ4v) is 3.41. The highest BCUT2D eigenvalue weighted by Gasteiger charge is 2.33. The SMILES string of the molecule is CCNC(=NCc1cnn(C)c1)NC1CCN(c2ncc(C(F)(F)F)cc2Cl)C1. The third-order valence-electron chi connectivity index (χ3n) is 4.50. The Balaban J connectivity index is 1.63. The van der Waals surface area contributed by atoms with E-state index >= 15 is 0 Å². The zero-order chi connectivity index (χ0) is 21.0. The molecule has 2 aromatic heterocycles. The molecule has 0 bridgehead atoms. The summed E-state index contributed by atoms with van der Waals surface area (Å²) < 4.78 is 40.1. The lowest BCUT2D eigenvalue weighted by atomic mass is 10.2. The molecule has 11 heteroatoms. The van der Waals surface area contributed by atoms with Crippen LogP contribution in [0.5, 0.6) is 0 Å². The number of nitrogens with one attached hydrogen (secondary N) is 2. The van der Waals surface area contributed by atoms with Crippen molar-refractivity contribution in [1.82, 2.24) is 25.4 Å². The Morgan fingerprint density at radius 3 is 2.79 bits per heavy atom. The van der Waals surface area contributed by atoms with Crippen molar-refractivity contribution in [2.45, 2.75) is 32.1 Å². The van der Waals surface area contributed by atoms with E-state index in [9.17, 15) is 13.2 Å². The quantitative estimate of drug-likeness (QED) is 0.565. The van der Waals surface area contributed by atoms with Crippen molar-refractivity contribution in [2.24, 2.45) is 12.0 Å². The third-order valence-corrected chi connectivity index (χ3v) is 4.78. The van der Waals surface area contributed by atoms with Crippen LogP contribution in [0.1, 0.15) is 24.5 Å². The first-order valence-electron chi connectivity index (χ1n) is 9.26. The highest BCUT2D eigenvalue weighted by molar-refractivity contribution is 6.33.